The zero-order valence-electron chi connectivity index (χ0n) is 14.8. The third-order valence-corrected chi connectivity index (χ3v) is 5.58. The number of halogens is 2. The van der Waals surface area contributed by atoms with Crippen LogP contribution in [0.4, 0.5) is 0 Å². The van der Waals surface area contributed by atoms with Crippen molar-refractivity contribution < 1.29 is 14.3 Å². The summed E-state index contributed by atoms with van der Waals surface area (Å²) >= 11 is 5.61. The summed E-state index contributed by atoms with van der Waals surface area (Å²) in [5.74, 6) is -0.0523. The van der Waals surface area contributed by atoms with E-state index in [9.17, 15) is 9.59 Å². The molecule has 1 atom stereocenters. The van der Waals surface area contributed by atoms with Gasteiger partial charge in [-0.1, -0.05) is 48.3 Å². The van der Waals surface area contributed by atoms with E-state index in [2.05, 4.69) is 58.4 Å². The molecule has 0 saturated heterocycles. The Balaban J connectivity index is 2.81. The lowest BCUT2D eigenvalue weighted by atomic mass is 9.73. The summed E-state index contributed by atoms with van der Waals surface area (Å²) in [5.41, 5.74) is 0.480. The number of esters is 1. The van der Waals surface area contributed by atoms with E-state index in [4.69, 9.17) is 4.74 Å². The zero-order valence-corrected chi connectivity index (χ0v) is 18.6. The van der Waals surface area contributed by atoms with Crippen LogP contribution in [0.25, 0.3) is 0 Å². The lowest BCUT2D eigenvalue weighted by Crippen LogP contribution is -2.34. The molecular formula is C19H26BrIO3. The SMILES string of the molecule is CC(=O)OCC(C)(C)CCCC(C)(C(=O)CBr)c1cccc(I)c1. The molecule has 0 saturated carbocycles. The van der Waals surface area contributed by atoms with Gasteiger partial charge >= 0.3 is 5.97 Å². The van der Waals surface area contributed by atoms with Gasteiger partial charge in [-0.2, -0.15) is 0 Å². The zero-order chi connectivity index (χ0) is 18.4. The van der Waals surface area contributed by atoms with Crippen molar-refractivity contribution in [2.45, 2.75) is 52.4 Å². The van der Waals surface area contributed by atoms with E-state index in [1.165, 1.54) is 6.92 Å². The predicted molar refractivity (Wildman–Crippen MR) is 110 cm³/mol. The molecule has 0 aliphatic rings. The molecule has 0 fully saturated rings. The highest BCUT2D eigenvalue weighted by molar-refractivity contribution is 14.1. The van der Waals surface area contributed by atoms with Crippen molar-refractivity contribution in [3.63, 3.8) is 0 Å². The summed E-state index contributed by atoms with van der Waals surface area (Å²) in [6, 6.07) is 8.16. The smallest absolute Gasteiger partial charge is 0.302 e. The summed E-state index contributed by atoms with van der Waals surface area (Å²) < 4.78 is 6.28. The molecule has 0 aliphatic heterocycles. The lowest BCUT2D eigenvalue weighted by molar-refractivity contribution is -0.144. The molecule has 1 rings (SSSR count). The molecule has 0 bridgehead atoms. The Hall–Kier alpha value is -0.430. The number of rotatable bonds is 9. The van der Waals surface area contributed by atoms with Crippen LogP contribution in [-0.4, -0.2) is 23.7 Å². The van der Waals surface area contributed by atoms with E-state index in [-0.39, 0.29) is 17.2 Å². The minimum Gasteiger partial charge on any atom is -0.465 e. The van der Waals surface area contributed by atoms with Crippen molar-refractivity contribution in [1.29, 1.82) is 0 Å². The van der Waals surface area contributed by atoms with Gasteiger partial charge in [-0.15, -0.1) is 0 Å². The topological polar surface area (TPSA) is 43.4 Å². The highest BCUT2D eigenvalue weighted by Gasteiger charge is 2.34. The average Bonchev–Trinajstić information content (AvgIpc) is 2.52. The Kier molecular flexibility index (Phi) is 8.39. The van der Waals surface area contributed by atoms with Crippen LogP contribution in [0.1, 0.15) is 52.5 Å². The fourth-order valence-electron chi connectivity index (χ4n) is 2.71. The van der Waals surface area contributed by atoms with E-state index in [0.29, 0.717) is 11.9 Å². The van der Waals surface area contributed by atoms with Crippen LogP contribution in [0.15, 0.2) is 24.3 Å². The molecular weight excluding hydrogens is 483 g/mol. The van der Waals surface area contributed by atoms with Crippen molar-refractivity contribution in [2.75, 3.05) is 11.9 Å². The minimum atomic E-state index is -0.498. The first-order valence-corrected chi connectivity index (χ1v) is 10.3. The largest absolute Gasteiger partial charge is 0.465 e. The fraction of sp³-hybridized carbons (Fsp3) is 0.579. The monoisotopic (exact) mass is 508 g/mol. The molecule has 0 amide bonds. The summed E-state index contributed by atoms with van der Waals surface area (Å²) in [5, 5.41) is 0.353. The van der Waals surface area contributed by atoms with E-state index in [0.717, 1.165) is 28.4 Å². The number of ketones is 1. The fourth-order valence-corrected chi connectivity index (χ4v) is 3.88. The van der Waals surface area contributed by atoms with Crippen molar-refractivity contribution in [2.24, 2.45) is 5.41 Å². The number of hydrogen-bond donors (Lipinski definition) is 0. The highest BCUT2D eigenvalue weighted by atomic mass is 127. The maximum Gasteiger partial charge on any atom is 0.302 e. The van der Waals surface area contributed by atoms with Gasteiger partial charge < -0.3 is 4.74 Å². The van der Waals surface area contributed by atoms with Crippen LogP contribution < -0.4 is 0 Å². The second kappa shape index (κ2) is 9.32. The van der Waals surface area contributed by atoms with Gasteiger partial charge in [-0.05, 0) is 65.5 Å². The van der Waals surface area contributed by atoms with Gasteiger partial charge in [-0.3, -0.25) is 9.59 Å². The maximum absolute atomic E-state index is 12.6. The Morgan fingerprint density at radius 2 is 1.88 bits per heavy atom. The third kappa shape index (κ3) is 6.47. The second-order valence-corrected chi connectivity index (χ2v) is 9.00. The van der Waals surface area contributed by atoms with Crippen molar-refractivity contribution in [3.05, 3.63) is 33.4 Å². The molecule has 134 valence electrons. The number of hydrogen-bond acceptors (Lipinski definition) is 3. The second-order valence-electron chi connectivity index (χ2n) is 7.20. The first-order valence-electron chi connectivity index (χ1n) is 8.09. The van der Waals surface area contributed by atoms with Gasteiger partial charge in [0.2, 0.25) is 0 Å². The van der Waals surface area contributed by atoms with Crippen LogP contribution in [0.2, 0.25) is 0 Å². The molecule has 0 N–H and O–H groups in total. The average molecular weight is 509 g/mol. The van der Waals surface area contributed by atoms with Crippen LogP contribution in [-0.2, 0) is 19.7 Å². The summed E-state index contributed by atoms with van der Waals surface area (Å²) in [6.07, 6.45) is 2.57. The van der Waals surface area contributed by atoms with Gasteiger partial charge in [-0.25, -0.2) is 0 Å². The first kappa shape index (κ1) is 21.6. The molecule has 5 heteroatoms. The molecule has 0 aliphatic carbocycles. The van der Waals surface area contributed by atoms with Crippen LogP contribution in [0, 0.1) is 8.99 Å². The minimum absolute atomic E-state index is 0.0882. The van der Waals surface area contributed by atoms with Gasteiger partial charge in [0, 0.05) is 10.5 Å². The molecule has 0 aromatic heterocycles. The Bertz CT molecular complexity index is 586. The Labute approximate surface area is 167 Å². The number of Topliss-reactive ketones (excluding diaryl/α,β-unsaturated/α-hetero) is 1. The van der Waals surface area contributed by atoms with Gasteiger partial charge in [0.25, 0.3) is 0 Å². The highest BCUT2D eigenvalue weighted by Crippen LogP contribution is 2.34. The lowest BCUT2D eigenvalue weighted by Gasteiger charge is -2.31. The normalized spacial score (nSPS) is 14.1. The van der Waals surface area contributed by atoms with Crippen molar-refractivity contribution in [1.82, 2.24) is 0 Å². The van der Waals surface area contributed by atoms with Gasteiger partial charge in [0.15, 0.2) is 5.78 Å². The molecule has 3 nitrogen and oxygen atoms in total. The van der Waals surface area contributed by atoms with Crippen LogP contribution in [0.5, 0.6) is 0 Å². The molecule has 1 aromatic carbocycles. The number of benzene rings is 1. The number of alkyl halides is 1. The van der Waals surface area contributed by atoms with Gasteiger partial charge in [0.05, 0.1) is 17.4 Å². The number of ether oxygens (including phenoxy) is 1. The van der Waals surface area contributed by atoms with Crippen molar-refractivity contribution >= 4 is 50.3 Å². The standard InChI is InChI=1S/C19H26BrIO3/c1-14(22)24-13-18(2,3)9-6-10-19(4,17(23)12-20)15-7-5-8-16(21)11-15/h5,7-8,11H,6,9-10,12-13H2,1-4H3. The van der Waals surface area contributed by atoms with E-state index < -0.39 is 5.41 Å². The third-order valence-electron chi connectivity index (χ3n) is 4.40. The molecule has 24 heavy (non-hydrogen) atoms. The summed E-state index contributed by atoms with van der Waals surface area (Å²) in [4.78, 5) is 23.6. The number of carbonyl (C=O) groups excluding carboxylic acids is 2. The molecule has 0 spiro atoms. The molecule has 0 heterocycles. The van der Waals surface area contributed by atoms with Crippen LogP contribution in [0.3, 0.4) is 0 Å². The summed E-state index contributed by atoms with van der Waals surface area (Å²) in [6.45, 7) is 8.05. The molecule has 1 unspecified atom stereocenters. The van der Waals surface area contributed by atoms with Gasteiger partial charge in [0.1, 0.15) is 0 Å². The van der Waals surface area contributed by atoms with E-state index in [1.807, 2.05) is 25.1 Å². The summed E-state index contributed by atoms with van der Waals surface area (Å²) in [7, 11) is 0. The van der Waals surface area contributed by atoms with E-state index >= 15 is 0 Å². The van der Waals surface area contributed by atoms with E-state index in [1.54, 1.807) is 0 Å². The molecule has 0 radical (unpaired) electrons. The Morgan fingerprint density at radius 3 is 2.42 bits per heavy atom. The maximum atomic E-state index is 12.6. The molecule has 1 aromatic rings. The van der Waals surface area contributed by atoms with Crippen molar-refractivity contribution in [3.8, 4) is 0 Å². The van der Waals surface area contributed by atoms with Crippen LogP contribution >= 0.6 is 38.5 Å². The predicted octanol–water partition coefficient (Wildman–Crippen LogP) is 5.27. The first-order chi connectivity index (χ1) is 11.1. The Morgan fingerprint density at radius 1 is 1.21 bits per heavy atom. The number of carbonyl (C=O) groups is 2. The quantitative estimate of drug-likeness (QED) is 0.259.